The van der Waals surface area contributed by atoms with Crippen LogP contribution >= 0.6 is 24.0 Å². The van der Waals surface area contributed by atoms with Crippen molar-refractivity contribution in [3.05, 3.63) is 29.8 Å². The molecule has 22 heavy (non-hydrogen) atoms. The molecule has 0 unspecified atom stereocenters. The fraction of sp³-hybridized carbons (Fsp3) is 0.533. The fourth-order valence-corrected chi connectivity index (χ4v) is 1.81. The number of aliphatic imine (C=N–C) groups is 1. The third-order valence-electron chi connectivity index (χ3n) is 2.75. The average molecular weight is 427 g/mol. The van der Waals surface area contributed by atoms with E-state index in [1.807, 2.05) is 18.9 Å². The van der Waals surface area contributed by atoms with E-state index in [1.165, 1.54) is 0 Å². The highest BCUT2D eigenvalue weighted by molar-refractivity contribution is 14.0. The Hall–Kier alpha value is -1.12. The van der Waals surface area contributed by atoms with Crippen LogP contribution in [0.2, 0.25) is 0 Å². The highest BCUT2D eigenvalue weighted by Crippen LogP contribution is 2.15. The first-order valence-corrected chi connectivity index (χ1v) is 7.10. The first kappa shape index (κ1) is 20.9. The summed E-state index contributed by atoms with van der Waals surface area (Å²) < 4.78 is 28.5. The summed E-state index contributed by atoms with van der Waals surface area (Å²) in [6.45, 7) is 3.52. The Morgan fingerprint density at radius 1 is 1.27 bits per heavy atom. The van der Waals surface area contributed by atoms with E-state index in [4.69, 9.17) is 0 Å². The third kappa shape index (κ3) is 7.77. The standard InChI is InChI=1S/C15H23F2N3O.HI/c1-4-10-19-15(18-5-2)20(3)11-12-6-8-13(9-7-12)21-14(16)17;/h6-9,14H,4-5,10-11H2,1-3H3,(H,18,19);1H. The zero-order valence-corrected chi connectivity index (χ0v) is 15.5. The van der Waals surface area contributed by atoms with Crippen LogP contribution in [0, 0.1) is 0 Å². The van der Waals surface area contributed by atoms with Gasteiger partial charge in [0.1, 0.15) is 5.75 Å². The number of benzene rings is 1. The topological polar surface area (TPSA) is 36.9 Å². The second kappa shape index (κ2) is 11.4. The summed E-state index contributed by atoms with van der Waals surface area (Å²) in [7, 11) is 1.95. The zero-order chi connectivity index (χ0) is 15.7. The molecule has 1 rings (SSSR count). The molecule has 0 heterocycles. The van der Waals surface area contributed by atoms with Crippen LogP contribution in [0.15, 0.2) is 29.3 Å². The van der Waals surface area contributed by atoms with Gasteiger partial charge in [-0.1, -0.05) is 19.1 Å². The molecule has 0 aliphatic rings. The number of halogens is 3. The third-order valence-corrected chi connectivity index (χ3v) is 2.75. The lowest BCUT2D eigenvalue weighted by atomic mass is 10.2. The fourth-order valence-electron chi connectivity index (χ4n) is 1.81. The average Bonchev–Trinajstić information content (AvgIpc) is 2.45. The van der Waals surface area contributed by atoms with Crippen LogP contribution in [-0.2, 0) is 6.54 Å². The van der Waals surface area contributed by atoms with Crippen LogP contribution in [-0.4, -0.2) is 37.6 Å². The number of hydrogen-bond donors (Lipinski definition) is 1. The molecule has 1 N–H and O–H groups in total. The summed E-state index contributed by atoms with van der Waals surface area (Å²) in [6.07, 6.45) is 0.988. The molecule has 1 aromatic carbocycles. The highest BCUT2D eigenvalue weighted by atomic mass is 127. The largest absolute Gasteiger partial charge is 0.435 e. The van der Waals surface area contributed by atoms with Crippen molar-refractivity contribution in [1.29, 1.82) is 0 Å². The molecular weight excluding hydrogens is 403 g/mol. The Labute approximate surface area is 148 Å². The van der Waals surface area contributed by atoms with Crippen LogP contribution in [0.1, 0.15) is 25.8 Å². The van der Waals surface area contributed by atoms with E-state index in [0.717, 1.165) is 31.0 Å². The van der Waals surface area contributed by atoms with Gasteiger partial charge in [-0.25, -0.2) is 0 Å². The summed E-state index contributed by atoms with van der Waals surface area (Å²) in [5.41, 5.74) is 1.00. The van der Waals surface area contributed by atoms with Crippen molar-refractivity contribution in [2.24, 2.45) is 4.99 Å². The Morgan fingerprint density at radius 2 is 1.91 bits per heavy atom. The SMILES string of the molecule is CCCN=C(NCC)N(C)Cc1ccc(OC(F)F)cc1.I. The minimum absolute atomic E-state index is 0. The molecule has 0 fully saturated rings. The van der Waals surface area contributed by atoms with Crippen molar-refractivity contribution in [2.45, 2.75) is 33.4 Å². The molecule has 7 heteroatoms. The van der Waals surface area contributed by atoms with E-state index < -0.39 is 6.61 Å². The molecule has 0 saturated carbocycles. The van der Waals surface area contributed by atoms with E-state index in [9.17, 15) is 8.78 Å². The number of nitrogens with zero attached hydrogens (tertiary/aromatic N) is 2. The van der Waals surface area contributed by atoms with Crippen LogP contribution in [0.25, 0.3) is 0 Å². The van der Waals surface area contributed by atoms with Crippen LogP contribution in [0.3, 0.4) is 0 Å². The lowest BCUT2D eigenvalue weighted by Crippen LogP contribution is -2.38. The quantitative estimate of drug-likeness (QED) is 0.410. The van der Waals surface area contributed by atoms with Crippen molar-refractivity contribution in [1.82, 2.24) is 10.2 Å². The van der Waals surface area contributed by atoms with Gasteiger partial charge in [-0.2, -0.15) is 8.78 Å². The highest BCUT2D eigenvalue weighted by Gasteiger charge is 2.07. The Bertz CT molecular complexity index is 441. The molecule has 0 spiro atoms. The maximum Gasteiger partial charge on any atom is 0.387 e. The molecule has 1 aromatic rings. The predicted octanol–water partition coefficient (Wildman–Crippen LogP) is 3.71. The second-order valence-electron chi connectivity index (χ2n) is 4.61. The van der Waals surface area contributed by atoms with E-state index in [0.29, 0.717) is 6.54 Å². The molecule has 0 aliphatic heterocycles. The van der Waals surface area contributed by atoms with Gasteiger partial charge in [-0.05, 0) is 31.0 Å². The summed E-state index contributed by atoms with van der Waals surface area (Å²) in [6, 6.07) is 6.64. The zero-order valence-electron chi connectivity index (χ0n) is 13.2. The summed E-state index contributed by atoms with van der Waals surface area (Å²) in [5.74, 6) is 1.01. The van der Waals surface area contributed by atoms with Gasteiger partial charge < -0.3 is 15.0 Å². The molecule has 0 aromatic heterocycles. The maximum absolute atomic E-state index is 12.1. The van der Waals surface area contributed by atoms with E-state index >= 15 is 0 Å². The molecule has 0 amide bonds. The van der Waals surface area contributed by atoms with Gasteiger partial charge in [0.2, 0.25) is 0 Å². The monoisotopic (exact) mass is 427 g/mol. The number of nitrogens with one attached hydrogen (secondary N) is 1. The van der Waals surface area contributed by atoms with Gasteiger partial charge in [-0.15, -0.1) is 24.0 Å². The maximum atomic E-state index is 12.1. The van der Waals surface area contributed by atoms with E-state index in [2.05, 4.69) is 22.0 Å². The Kier molecular flexibility index (Phi) is 10.9. The Balaban J connectivity index is 0.00000441. The summed E-state index contributed by atoms with van der Waals surface area (Å²) in [5, 5.41) is 3.23. The molecule has 0 aliphatic carbocycles. The number of rotatable bonds is 7. The van der Waals surface area contributed by atoms with Crippen molar-refractivity contribution < 1.29 is 13.5 Å². The minimum Gasteiger partial charge on any atom is -0.435 e. The van der Waals surface area contributed by atoms with E-state index in [-0.39, 0.29) is 29.7 Å². The van der Waals surface area contributed by atoms with Crippen molar-refractivity contribution >= 4 is 29.9 Å². The van der Waals surface area contributed by atoms with Gasteiger partial charge in [0.05, 0.1) is 0 Å². The summed E-state index contributed by atoms with van der Waals surface area (Å²) >= 11 is 0. The van der Waals surface area contributed by atoms with Gasteiger partial charge in [0, 0.05) is 26.7 Å². The number of alkyl halides is 2. The van der Waals surface area contributed by atoms with Gasteiger partial charge in [-0.3, -0.25) is 4.99 Å². The normalized spacial score (nSPS) is 11.1. The molecule has 0 atom stereocenters. The minimum atomic E-state index is -2.79. The molecule has 4 nitrogen and oxygen atoms in total. The van der Waals surface area contributed by atoms with Crippen molar-refractivity contribution in [2.75, 3.05) is 20.1 Å². The molecule has 0 bridgehead atoms. The first-order chi connectivity index (χ1) is 10.1. The van der Waals surface area contributed by atoms with Gasteiger partial charge in [0.25, 0.3) is 0 Å². The van der Waals surface area contributed by atoms with E-state index in [1.54, 1.807) is 24.3 Å². The summed E-state index contributed by atoms with van der Waals surface area (Å²) in [4.78, 5) is 6.49. The second-order valence-corrected chi connectivity index (χ2v) is 4.61. The number of ether oxygens (including phenoxy) is 1. The number of hydrogen-bond acceptors (Lipinski definition) is 2. The van der Waals surface area contributed by atoms with Crippen molar-refractivity contribution in [3.63, 3.8) is 0 Å². The number of guanidine groups is 1. The molecular formula is C15H24F2IN3O. The predicted molar refractivity (Wildman–Crippen MR) is 96.2 cm³/mol. The smallest absolute Gasteiger partial charge is 0.387 e. The van der Waals surface area contributed by atoms with Crippen LogP contribution in [0.5, 0.6) is 5.75 Å². The molecule has 126 valence electrons. The van der Waals surface area contributed by atoms with Crippen LogP contribution in [0.4, 0.5) is 8.78 Å². The van der Waals surface area contributed by atoms with Crippen LogP contribution < -0.4 is 10.1 Å². The van der Waals surface area contributed by atoms with Gasteiger partial charge in [0.15, 0.2) is 5.96 Å². The molecule has 0 radical (unpaired) electrons. The van der Waals surface area contributed by atoms with Gasteiger partial charge >= 0.3 is 6.61 Å². The van der Waals surface area contributed by atoms with Crippen molar-refractivity contribution in [3.8, 4) is 5.75 Å². The molecule has 0 saturated heterocycles. The Morgan fingerprint density at radius 3 is 2.41 bits per heavy atom. The first-order valence-electron chi connectivity index (χ1n) is 7.10. The lowest BCUT2D eigenvalue weighted by molar-refractivity contribution is -0.0498. The lowest BCUT2D eigenvalue weighted by Gasteiger charge is -2.22.